The van der Waals surface area contributed by atoms with Crippen LogP contribution in [0.5, 0.6) is 0 Å². The molecule has 0 bridgehead atoms. The molecule has 0 saturated carbocycles. The number of anilines is 1. The summed E-state index contributed by atoms with van der Waals surface area (Å²) < 4.78 is 0. The molecule has 0 atom stereocenters. The van der Waals surface area contributed by atoms with Gasteiger partial charge in [-0.1, -0.05) is 4.85 Å². The maximum absolute atomic E-state index is 10.2. The molecule has 0 aliphatic carbocycles. The van der Waals surface area contributed by atoms with Crippen molar-refractivity contribution in [2.45, 2.75) is 0 Å². The van der Waals surface area contributed by atoms with E-state index < -0.39 is 0 Å². The maximum Gasteiger partial charge on any atom is 0.210 e. The second-order valence-corrected chi connectivity index (χ2v) is 1.34. The van der Waals surface area contributed by atoms with E-state index in [1.807, 2.05) is 0 Å². The van der Waals surface area contributed by atoms with Crippen LogP contribution < -0.4 is 10.6 Å². The normalized spacial score (nSPS) is 9.00. The summed E-state index contributed by atoms with van der Waals surface area (Å²) in [6, 6.07) is 3.09. The maximum atomic E-state index is 10.2. The zero-order valence-corrected chi connectivity index (χ0v) is 4.11. The monoisotopic (exact) mass is 111 g/mol. The summed E-state index contributed by atoms with van der Waals surface area (Å²) >= 11 is 0. The van der Waals surface area contributed by atoms with Crippen LogP contribution in [0, 0.1) is 5.21 Å². The zero-order valence-electron chi connectivity index (χ0n) is 4.11. The Balaban J connectivity index is 3.08. The molecular formula is C4H5N3O. The van der Waals surface area contributed by atoms with Gasteiger partial charge in [-0.2, -0.15) is 0 Å². The van der Waals surface area contributed by atoms with Gasteiger partial charge in [0.15, 0.2) is 5.82 Å². The first-order valence-electron chi connectivity index (χ1n) is 2.11. The molecule has 0 unspecified atom stereocenters. The first-order valence-corrected chi connectivity index (χ1v) is 2.11. The molecule has 0 saturated heterocycles. The highest BCUT2D eigenvalue weighted by molar-refractivity contribution is 5.21. The van der Waals surface area contributed by atoms with Crippen molar-refractivity contribution in [2.75, 3.05) is 5.73 Å². The van der Waals surface area contributed by atoms with Crippen LogP contribution in [-0.4, -0.2) is 5.10 Å². The standard InChI is InChI=1S/C4H5N3O/c5-4-2-1-3-7(8)6-4/h1-3H,(H2,5,6). The van der Waals surface area contributed by atoms with Gasteiger partial charge in [-0.25, -0.2) is 0 Å². The fourth-order valence-corrected chi connectivity index (χ4v) is 0.396. The van der Waals surface area contributed by atoms with Crippen LogP contribution in [0.3, 0.4) is 0 Å². The van der Waals surface area contributed by atoms with Gasteiger partial charge in [0.05, 0.1) is 0 Å². The van der Waals surface area contributed by atoms with Gasteiger partial charge in [-0.3, -0.25) is 0 Å². The predicted octanol–water partition coefficient (Wildman–Crippen LogP) is -0.703. The van der Waals surface area contributed by atoms with Gasteiger partial charge < -0.3 is 10.9 Å². The molecule has 0 aliphatic rings. The summed E-state index contributed by atoms with van der Waals surface area (Å²) in [5.41, 5.74) is 5.13. The summed E-state index contributed by atoms with van der Waals surface area (Å²) in [5, 5.41) is 13.5. The van der Waals surface area contributed by atoms with Gasteiger partial charge in [0, 0.05) is 11.2 Å². The molecule has 1 rings (SSSR count). The van der Waals surface area contributed by atoms with E-state index in [-0.39, 0.29) is 5.82 Å². The Bertz CT molecular complexity index is 171. The molecule has 2 N–H and O–H groups in total. The highest BCUT2D eigenvalue weighted by atomic mass is 16.5. The van der Waals surface area contributed by atoms with Crippen molar-refractivity contribution in [3.63, 3.8) is 0 Å². The Kier molecular flexibility index (Phi) is 0.997. The van der Waals surface area contributed by atoms with Gasteiger partial charge in [0.2, 0.25) is 6.20 Å². The quantitative estimate of drug-likeness (QED) is 0.355. The molecule has 0 fully saturated rings. The molecular weight excluding hydrogens is 106 g/mol. The molecule has 1 heterocycles. The first kappa shape index (κ1) is 4.83. The summed E-state index contributed by atoms with van der Waals surface area (Å²) in [5.74, 6) is 0.238. The molecule has 0 spiro atoms. The van der Waals surface area contributed by atoms with Gasteiger partial charge in [-0.15, -0.1) is 0 Å². The molecule has 0 aromatic carbocycles. The Hall–Kier alpha value is -1.32. The zero-order chi connectivity index (χ0) is 5.98. The van der Waals surface area contributed by atoms with Crippen LogP contribution in [0.25, 0.3) is 0 Å². The predicted molar refractivity (Wildman–Crippen MR) is 27.6 cm³/mol. The fraction of sp³-hybridized carbons (Fsp3) is 0. The first-order chi connectivity index (χ1) is 3.79. The number of nitrogens with zero attached hydrogens (tertiary/aromatic N) is 2. The Morgan fingerprint density at radius 2 is 2.50 bits per heavy atom. The van der Waals surface area contributed by atoms with E-state index in [0.29, 0.717) is 4.85 Å². The SMILES string of the molecule is Nc1ccc[n+]([O-])n1. The number of nitrogen functional groups attached to an aromatic ring is 1. The molecule has 0 radical (unpaired) electrons. The number of hydrogen-bond donors (Lipinski definition) is 1. The average Bonchev–Trinajstić information content (AvgIpc) is 1.64. The highest BCUT2D eigenvalue weighted by Gasteiger charge is 1.87. The van der Waals surface area contributed by atoms with Crippen molar-refractivity contribution in [3.05, 3.63) is 23.5 Å². The minimum absolute atomic E-state index is 0.238. The van der Waals surface area contributed by atoms with Crippen molar-refractivity contribution in [2.24, 2.45) is 0 Å². The topological polar surface area (TPSA) is 65.8 Å². The lowest BCUT2D eigenvalue weighted by Gasteiger charge is -1.89. The molecule has 0 aliphatic heterocycles. The molecule has 0 amide bonds. The van der Waals surface area contributed by atoms with Crippen LogP contribution in [-0.2, 0) is 0 Å². The Morgan fingerprint density at radius 1 is 1.75 bits per heavy atom. The van der Waals surface area contributed by atoms with Gasteiger partial charge in [0.25, 0.3) is 0 Å². The number of nitrogens with two attached hydrogens (primary N) is 1. The van der Waals surface area contributed by atoms with E-state index in [1.54, 1.807) is 6.07 Å². The van der Waals surface area contributed by atoms with Gasteiger partial charge >= 0.3 is 0 Å². The van der Waals surface area contributed by atoms with Gasteiger partial charge in [-0.05, 0) is 6.07 Å². The largest absolute Gasteiger partial charge is 0.594 e. The Labute approximate surface area is 46.1 Å². The van der Waals surface area contributed by atoms with E-state index in [2.05, 4.69) is 5.10 Å². The number of rotatable bonds is 0. The van der Waals surface area contributed by atoms with Crippen molar-refractivity contribution in [3.8, 4) is 0 Å². The van der Waals surface area contributed by atoms with E-state index in [1.165, 1.54) is 12.3 Å². The summed E-state index contributed by atoms with van der Waals surface area (Å²) in [6.07, 6.45) is 1.27. The van der Waals surface area contributed by atoms with Crippen LogP contribution >= 0.6 is 0 Å². The van der Waals surface area contributed by atoms with Crippen LogP contribution in [0.2, 0.25) is 0 Å². The third-order valence-electron chi connectivity index (χ3n) is 0.695. The highest BCUT2D eigenvalue weighted by Crippen LogP contribution is 1.85. The second kappa shape index (κ2) is 1.65. The van der Waals surface area contributed by atoms with Crippen LogP contribution in [0.1, 0.15) is 0 Å². The second-order valence-electron chi connectivity index (χ2n) is 1.34. The van der Waals surface area contributed by atoms with E-state index in [9.17, 15) is 5.21 Å². The smallest absolute Gasteiger partial charge is 0.210 e. The number of aromatic nitrogens is 2. The summed E-state index contributed by atoms with van der Waals surface area (Å²) in [6.45, 7) is 0. The third kappa shape index (κ3) is 0.841. The summed E-state index contributed by atoms with van der Waals surface area (Å²) in [7, 11) is 0. The lowest BCUT2D eigenvalue weighted by molar-refractivity contribution is -0.667. The van der Waals surface area contributed by atoms with Crippen molar-refractivity contribution >= 4 is 5.82 Å². The average molecular weight is 111 g/mol. The molecule has 1 aromatic heterocycles. The number of hydrogen-bond acceptors (Lipinski definition) is 3. The molecule has 4 heteroatoms. The van der Waals surface area contributed by atoms with E-state index in [0.717, 1.165) is 0 Å². The van der Waals surface area contributed by atoms with E-state index >= 15 is 0 Å². The fourth-order valence-electron chi connectivity index (χ4n) is 0.396. The summed E-state index contributed by atoms with van der Waals surface area (Å²) in [4.78, 5) is 0.412. The van der Waals surface area contributed by atoms with Crippen LogP contribution in [0.15, 0.2) is 18.3 Å². The van der Waals surface area contributed by atoms with E-state index in [4.69, 9.17) is 5.73 Å². The minimum Gasteiger partial charge on any atom is -0.594 e. The molecule has 8 heavy (non-hydrogen) atoms. The van der Waals surface area contributed by atoms with Crippen molar-refractivity contribution < 1.29 is 4.85 Å². The minimum atomic E-state index is 0.238. The third-order valence-corrected chi connectivity index (χ3v) is 0.695. The molecule has 42 valence electrons. The van der Waals surface area contributed by atoms with Crippen LogP contribution in [0.4, 0.5) is 5.82 Å². The lowest BCUT2D eigenvalue weighted by atomic mass is 10.6. The Morgan fingerprint density at radius 3 is 2.88 bits per heavy atom. The van der Waals surface area contributed by atoms with Gasteiger partial charge in [0.1, 0.15) is 0 Å². The molecule has 1 aromatic rings. The lowest BCUT2D eigenvalue weighted by Crippen LogP contribution is -2.30. The molecule has 4 nitrogen and oxygen atoms in total. The van der Waals surface area contributed by atoms with Crippen molar-refractivity contribution in [1.29, 1.82) is 0 Å². The van der Waals surface area contributed by atoms with Crippen molar-refractivity contribution in [1.82, 2.24) is 5.10 Å².